The topological polar surface area (TPSA) is 20.3 Å². The molecule has 102 valence electrons. The van der Waals surface area contributed by atoms with Crippen LogP contribution in [-0.4, -0.2) is 22.2 Å². The summed E-state index contributed by atoms with van der Waals surface area (Å²) in [5, 5.41) is 0.368. The molecule has 1 aliphatic heterocycles. The Bertz CT molecular complexity index is 501. The fourth-order valence-electron chi connectivity index (χ4n) is 3.06. The molecule has 1 atom stereocenters. The molecule has 0 spiro atoms. The Morgan fingerprint density at radius 2 is 2.11 bits per heavy atom. The second kappa shape index (κ2) is 5.23. The van der Waals surface area contributed by atoms with Gasteiger partial charge in [0.15, 0.2) is 0 Å². The van der Waals surface area contributed by atoms with Crippen LogP contribution in [-0.2, 0) is 17.8 Å². The summed E-state index contributed by atoms with van der Waals surface area (Å²) in [5.41, 5.74) is 2.16. The molecule has 4 heteroatoms. The molecule has 2 nitrogen and oxygen atoms in total. The van der Waals surface area contributed by atoms with Gasteiger partial charge in [0.25, 0.3) is 0 Å². The number of alkyl halides is 1. The first-order valence-electron chi connectivity index (χ1n) is 6.82. The van der Waals surface area contributed by atoms with Crippen molar-refractivity contribution in [2.45, 2.75) is 38.3 Å². The van der Waals surface area contributed by atoms with Gasteiger partial charge in [-0.2, -0.15) is 0 Å². The predicted octanol–water partition coefficient (Wildman–Crippen LogP) is 3.27. The summed E-state index contributed by atoms with van der Waals surface area (Å²) in [6.45, 7) is 0.626. The molecule has 1 heterocycles. The van der Waals surface area contributed by atoms with Gasteiger partial charge in [0.05, 0.1) is 5.33 Å². The zero-order valence-electron chi connectivity index (χ0n) is 10.7. The van der Waals surface area contributed by atoms with Crippen LogP contribution in [0.3, 0.4) is 0 Å². The number of halogens is 2. The van der Waals surface area contributed by atoms with E-state index in [1.165, 1.54) is 18.9 Å². The molecule has 1 fully saturated rings. The van der Waals surface area contributed by atoms with Crippen LogP contribution in [0.1, 0.15) is 30.4 Å². The minimum atomic E-state index is -0.179. The first kappa shape index (κ1) is 13.1. The molecule has 2 aliphatic rings. The highest BCUT2D eigenvalue weighted by atomic mass is 79.9. The van der Waals surface area contributed by atoms with Crippen LogP contribution < -0.4 is 0 Å². The molecule has 1 saturated carbocycles. The van der Waals surface area contributed by atoms with Gasteiger partial charge in [0.2, 0.25) is 5.91 Å². The number of rotatable bonds is 2. The van der Waals surface area contributed by atoms with Crippen LogP contribution in [0, 0.1) is 11.7 Å². The quantitative estimate of drug-likeness (QED) is 0.764. The van der Waals surface area contributed by atoms with Gasteiger partial charge in [-0.1, -0.05) is 22.0 Å². The van der Waals surface area contributed by atoms with Crippen molar-refractivity contribution in [3.63, 3.8) is 0 Å². The van der Waals surface area contributed by atoms with Crippen molar-refractivity contribution in [2.75, 3.05) is 5.33 Å². The van der Waals surface area contributed by atoms with Crippen molar-refractivity contribution in [1.82, 2.24) is 4.90 Å². The molecular weight excluding hydrogens is 309 g/mol. The normalized spacial score (nSPS) is 22.8. The minimum Gasteiger partial charge on any atom is -0.334 e. The van der Waals surface area contributed by atoms with Crippen molar-refractivity contribution in [2.24, 2.45) is 5.92 Å². The lowest BCUT2D eigenvalue weighted by Gasteiger charge is -2.30. The monoisotopic (exact) mass is 325 g/mol. The standard InChI is InChI=1S/C15H17BrFNO/c16-8-15(19)18-9-12-3-5-13(17)7-11(12)4-6-14(18)10-1-2-10/h3,5,7,10,14H,1-2,4,6,8-9H2/t14-/m0/s1. The molecule has 0 saturated heterocycles. The van der Waals surface area contributed by atoms with Crippen LogP contribution >= 0.6 is 15.9 Å². The van der Waals surface area contributed by atoms with Gasteiger partial charge in [-0.15, -0.1) is 0 Å². The maximum absolute atomic E-state index is 13.3. The fraction of sp³-hybridized carbons (Fsp3) is 0.533. The number of nitrogens with zero attached hydrogens (tertiary/aromatic N) is 1. The highest BCUT2D eigenvalue weighted by molar-refractivity contribution is 9.09. The largest absolute Gasteiger partial charge is 0.334 e. The zero-order valence-corrected chi connectivity index (χ0v) is 12.3. The van der Waals surface area contributed by atoms with Gasteiger partial charge < -0.3 is 4.90 Å². The van der Waals surface area contributed by atoms with E-state index in [9.17, 15) is 9.18 Å². The van der Waals surface area contributed by atoms with Crippen molar-refractivity contribution in [3.8, 4) is 0 Å². The Labute approximate surface area is 121 Å². The van der Waals surface area contributed by atoms with E-state index in [4.69, 9.17) is 0 Å². The second-order valence-electron chi connectivity index (χ2n) is 5.51. The predicted molar refractivity (Wildman–Crippen MR) is 75.6 cm³/mol. The van der Waals surface area contributed by atoms with Gasteiger partial charge in [0.1, 0.15) is 5.82 Å². The van der Waals surface area contributed by atoms with E-state index in [1.807, 2.05) is 11.0 Å². The molecule has 3 rings (SSSR count). The van der Waals surface area contributed by atoms with E-state index in [-0.39, 0.29) is 11.7 Å². The van der Waals surface area contributed by atoms with Crippen LogP contribution in [0.2, 0.25) is 0 Å². The summed E-state index contributed by atoms with van der Waals surface area (Å²) in [6.07, 6.45) is 4.28. The second-order valence-corrected chi connectivity index (χ2v) is 6.07. The zero-order chi connectivity index (χ0) is 13.4. The average Bonchev–Trinajstić information content (AvgIpc) is 3.22. The summed E-state index contributed by atoms with van der Waals surface area (Å²) >= 11 is 3.27. The number of carbonyl (C=O) groups is 1. The maximum atomic E-state index is 13.3. The SMILES string of the molecule is O=C(CBr)N1Cc2ccc(F)cc2CC[C@H]1C1CC1. The summed E-state index contributed by atoms with van der Waals surface area (Å²) < 4.78 is 13.3. The van der Waals surface area contributed by atoms with Crippen molar-refractivity contribution in [3.05, 3.63) is 35.1 Å². The van der Waals surface area contributed by atoms with Gasteiger partial charge in [0, 0.05) is 12.6 Å². The summed E-state index contributed by atoms with van der Waals surface area (Å²) in [5.74, 6) is 0.623. The maximum Gasteiger partial charge on any atom is 0.233 e. The van der Waals surface area contributed by atoms with Crippen LogP contribution in [0.25, 0.3) is 0 Å². The van der Waals surface area contributed by atoms with E-state index in [1.54, 1.807) is 6.07 Å². The average molecular weight is 326 g/mol. The van der Waals surface area contributed by atoms with Gasteiger partial charge in [-0.25, -0.2) is 4.39 Å². The minimum absolute atomic E-state index is 0.147. The molecule has 1 aromatic rings. The lowest BCUT2D eigenvalue weighted by atomic mass is 10.0. The molecule has 0 bridgehead atoms. The molecular formula is C15H17BrFNO. The van der Waals surface area contributed by atoms with Crippen LogP contribution in [0.5, 0.6) is 0 Å². The van der Waals surface area contributed by atoms with E-state index >= 15 is 0 Å². The lowest BCUT2D eigenvalue weighted by molar-refractivity contribution is -0.131. The molecule has 0 aromatic heterocycles. The van der Waals surface area contributed by atoms with Gasteiger partial charge >= 0.3 is 0 Å². The molecule has 0 radical (unpaired) electrons. The van der Waals surface area contributed by atoms with Crippen molar-refractivity contribution in [1.29, 1.82) is 0 Å². The van der Waals surface area contributed by atoms with Crippen molar-refractivity contribution >= 4 is 21.8 Å². The Morgan fingerprint density at radius 3 is 2.79 bits per heavy atom. The van der Waals surface area contributed by atoms with E-state index < -0.39 is 0 Å². The third kappa shape index (κ3) is 2.69. The Balaban J connectivity index is 1.91. The molecule has 0 unspecified atom stereocenters. The molecule has 19 heavy (non-hydrogen) atoms. The summed E-state index contributed by atoms with van der Waals surface area (Å²) in [6, 6.07) is 5.28. The molecule has 1 aliphatic carbocycles. The van der Waals surface area contributed by atoms with Gasteiger partial charge in [-0.3, -0.25) is 4.79 Å². The first-order chi connectivity index (χ1) is 9.19. The molecule has 1 aromatic carbocycles. The number of hydrogen-bond acceptors (Lipinski definition) is 1. The molecule has 1 amide bonds. The number of fused-ring (bicyclic) bond motifs is 1. The van der Waals surface area contributed by atoms with E-state index in [0.717, 1.165) is 24.0 Å². The fourth-order valence-corrected chi connectivity index (χ4v) is 3.38. The number of hydrogen-bond donors (Lipinski definition) is 0. The smallest absolute Gasteiger partial charge is 0.233 e. The van der Waals surface area contributed by atoms with Crippen molar-refractivity contribution < 1.29 is 9.18 Å². The highest BCUT2D eigenvalue weighted by Gasteiger charge is 2.38. The number of carbonyl (C=O) groups excluding carboxylic acids is 1. The Kier molecular flexibility index (Phi) is 3.61. The number of benzene rings is 1. The lowest BCUT2D eigenvalue weighted by Crippen LogP contribution is -2.41. The van der Waals surface area contributed by atoms with Crippen LogP contribution in [0.4, 0.5) is 4.39 Å². The molecule has 0 N–H and O–H groups in total. The van der Waals surface area contributed by atoms with E-state index in [2.05, 4.69) is 15.9 Å². The van der Waals surface area contributed by atoms with Gasteiger partial charge in [-0.05, 0) is 54.9 Å². The number of aryl methyl sites for hydroxylation is 1. The third-order valence-corrected chi connectivity index (χ3v) is 4.70. The third-order valence-electron chi connectivity index (χ3n) is 4.22. The Morgan fingerprint density at radius 1 is 1.32 bits per heavy atom. The number of amides is 1. The van der Waals surface area contributed by atoms with E-state index in [0.29, 0.717) is 23.8 Å². The summed E-state index contributed by atoms with van der Waals surface area (Å²) in [4.78, 5) is 14.1. The first-order valence-corrected chi connectivity index (χ1v) is 7.94. The highest BCUT2D eigenvalue weighted by Crippen LogP contribution is 2.39. The Hall–Kier alpha value is -0.900. The summed E-state index contributed by atoms with van der Waals surface area (Å²) in [7, 11) is 0. The van der Waals surface area contributed by atoms with Crippen LogP contribution in [0.15, 0.2) is 18.2 Å².